The summed E-state index contributed by atoms with van der Waals surface area (Å²) < 4.78 is 0. The first-order valence-corrected chi connectivity index (χ1v) is 10.9. The van der Waals surface area contributed by atoms with Crippen LogP contribution in [0.2, 0.25) is 0 Å². The number of carbonyl (C=O) groups is 2. The van der Waals surface area contributed by atoms with Crippen molar-refractivity contribution in [2.45, 2.75) is 40.0 Å². The summed E-state index contributed by atoms with van der Waals surface area (Å²) in [5, 5.41) is 3.43. The van der Waals surface area contributed by atoms with Crippen molar-refractivity contribution in [2.75, 3.05) is 52.1 Å². The maximum Gasteiger partial charge on any atom is 0.341 e. The molecule has 1 aliphatic rings. The van der Waals surface area contributed by atoms with Gasteiger partial charge in [-0.3, -0.25) is 14.7 Å². The molecule has 2 amide bonds. The molecule has 0 aromatic rings. The van der Waals surface area contributed by atoms with Crippen molar-refractivity contribution in [1.82, 2.24) is 15.1 Å². The molecule has 1 fully saturated rings. The number of thioether (sulfide) groups is 1. The molecule has 0 aromatic heterocycles. The Hall–Kier alpha value is -1.74. The van der Waals surface area contributed by atoms with E-state index >= 15 is 0 Å². The standard InChI is InChI=1S/C19H34N6O2S/c1-5-7-8-21-18(20-4)25-13-11-24(12-14-25)10-9-22-19(27)23-16(3)28-15-17(26)6-2/h8H,5-7,9-15H2,1-4H3,(H,22,27)/b20-18?,21-8-,23-16-. The normalized spacial score (nSPS) is 16.6. The fraction of sp³-hybridized carbons (Fsp3) is 0.737. The molecule has 0 bridgehead atoms. The molecule has 0 radical (unpaired) electrons. The van der Waals surface area contributed by atoms with Gasteiger partial charge in [0.05, 0.1) is 10.8 Å². The summed E-state index contributed by atoms with van der Waals surface area (Å²) in [5.41, 5.74) is 0. The number of nitrogens with one attached hydrogen (secondary N) is 1. The monoisotopic (exact) mass is 410 g/mol. The Balaban J connectivity index is 2.27. The van der Waals surface area contributed by atoms with Crippen LogP contribution in [0.1, 0.15) is 40.0 Å². The molecule has 1 aliphatic heterocycles. The number of nitrogens with zero attached hydrogens (tertiary/aromatic N) is 5. The first-order chi connectivity index (χ1) is 13.5. The van der Waals surface area contributed by atoms with Crippen molar-refractivity contribution in [3.8, 4) is 0 Å². The molecule has 0 atom stereocenters. The second-order valence-electron chi connectivity index (χ2n) is 6.50. The van der Waals surface area contributed by atoms with Crippen molar-refractivity contribution in [2.24, 2.45) is 15.0 Å². The molecule has 1 heterocycles. The highest BCUT2D eigenvalue weighted by Gasteiger charge is 2.18. The SMILES string of the molecule is CCC/C=N\C(=NC)N1CCN(CCNC(=O)/N=C(/C)SCC(=O)CC)CC1. The molecule has 0 unspecified atom stereocenters. The van der Waals surface area contributed by atoms with Gasteiger partial charge < -0.3 is 10.2 Å². The maximum absolute atomic E-state index is 11.9. The smallest absolute Gasteiger partial charge is 0.339 e. The zero-order valence-corrected chi connectivity index (χ0v) is 18.4. The maximum atomic E-state index is 11.9. The number of ketones is 1. The number of carbonyl (C=O) groups excluding carboxylic acids is 2. The summed E-state index contributed by atoms with van der Waals surface area (Å²) in [6.45, 7) is 10.6. The molecular formula is C19H34N6O2S. The number of amides is 2. The van der Waals surface area contributed by atoms with Crippen molar-refractivity contribution in [3.63, 3.8) is 0 Å². The van der Waals surface area contributed by atoms with E-state index in [9.17, 15) is 9.59 Å². The Kier molecular flexibility index (Phi) is 12.4. The van der Waals surface area contributed by atoms with Crippen LogP contribution in [0.3, 0.4) is 0 Å². The molecular weight excluding hydrogens is 376 g/mol. The average molecular weight is 411 g/mol. The van der Waals surface area contributed by atoms with E-state index in [0.29, 0.717) is 23.8 Å². The van der Waals surface area contributed by atoms with Crippen LogP contribution in [0.25, 0.3) is 0 Å². The minimum Gasteiger partial charge on any atom is -0.339 e. The molecule has 0 saturated carbocycles. The summed E-state index contributed by atoms with van der Waals surface area (Å²) in [4.78, 5) is 40.4. The zero-order chi connectivity index (χ0) is 20.8. The first-order valence-electron chi connectivity index (χ1n) is 9.94. The highest BCUT2D eigenvalue weighted by atomic mass is 32.2. The van der Waals surface area contributed by atoms with Crippen molar-refractivity contribution < 1.29 is 9.59 Å². The molecule has 0 spiro atoms. The van der Waals surface area contributed by atoms with Gasteiger partial charge in [0.25, 0.3) is 0 Å². The molecule has 1 rings (SSSR count). The average Bonchev–Trinajstić information content (AvgIpc) is 2.70. The number of Topliss-reactive ketones (excluding diaryl/α,β-unsaturated/α-hetero) is 1. The van der Waals surface area contributed by atoms with Crippen LogP contribution in [0.15, 0.2) is 15.0 Å². The third-order valence-corrected chi connectivity index (χ3v) is 5.25. The van der Waals surface area contributed by atoms with Gasteiger partial charge in [-0.05, 0) is 13.3 Å². The lowest BCUT2D eigenvalue weighted by Crippen LogP contribution is -2.49. The quantitative estimate of drug-likeness (QED) is 0.490. The van der Waals surface area contributed by atoms with Crippen LogP contribution >= 0.6 is 11.8 Å². The molecule has 8 nitrogen and oxygen atoms in total. The van der Waals surface area contributed by atoms with Gasteiger partial charge in [-0.2, -0.15) is 4.99 Å². The lowest BCUT2D eigenvalue weighted by atomic mass is 10.3. The Labute approximate surface area is 173 Å². The fourth-order valence-corrected chi connectivity index (χ4v) is 3.27. The van der Waals surface area contributed by atoms with E-state index in [1.54, 1.807) is 14.0 Å². The minimum atomic E-state index is -0.349. The van der Waals surface area contributed by atoms with Gasteiger partial charge in [0.15, 0.2) is 0 Å². The van der Waals surface area contributed by atoms with E-state index < -0.39 is 0 Å². The Morgan fingerprint density at radius 2 is 1.89 bits per heavy atom. The second kappa shape index (κ2) is 14.3. The number of guanidine groups is 1. The molecule has 0 aromatic carbocycles. The van der Waals surface area contributed by atoms with Gasteiger partial charge in [0.1, 0.15) is 5.78 Å². The van der Waals surface area contributed by atoms with Gasteiger partial charge in [-0.15, -0.1) is 11.8 Å². The third-order valence-electron chi connectivity index (χ3n) is 4.28. The summed E-state index contributed by atoms with van der Waals surface area (Å²) in [5.74, 6) is 1.33. The fourth-order valence-electron chi connectivity index (χ4n) is 2.55. The largest absolute Gasteiger partial charge is 0.341 e. The van der Waals surface area contributed by atoms with Crippen LogP contribution in [0.5, 0.6) is 0 Å². The van der Waals surface area contributed by atoms with Crippen LogP contribution in [-0.4, -0.2) is 90.9 Å². The summed E-state index contributed by atoms with van der Waals surface area (Å²) in [7, 11) is 1.78. The van der Waals surface area contributed by atoms with E-state index in [4.69, 9.17) is 0 Å². The van der Waals surface area contributed by atoms with Gasteiger partial charge in [-0.25, -0.2) is 9.79 Å². The number of aliphatic imine (C=N–C) groups is 3. The number of rotatable bonds is 8. The number of hydrogen-bond donors (Lipinski definition) is 1. The molecule has 28 heavy (non-hydrogen) atoms. The molecule has 158 valence electrons. The van der Waals surface area contributed by atoms with Crippen LogP contribution in [-0.2, 0) is 4.79 Å². The third kappa shape index (κ3) is 9.98. The predicted molar refractivity (Wildman–Crippen MR) is 119 cm³/mol. The van der Waals surface area contributed by atoms with E-state index in [0.717, 1.165) is 51.5 Å². The Morgan fingerprint density at radius 3 is 2.50 bits per heavy atom. The lowest BCUT2D eigenvalue weighted by Gasteiger charge is -2.35. The molecule has 1 N–H and O–H groups in total. The van der Waals surface area contributed by atoms with Crippen LogP contribution in [0.4, 0.5) is 4.79 Å². The van der Waals surface area contributed by atoms with Crippen molar-refractivity contribution >= 4 is 40.8 Å². The van der Waals surface area contributed by atoms with Gasteiger partial charge in [0, 0.05) is 59.0 Å². The van der Waals surface area contributed by atoms with E-state index in [2.05, 4.69) is 37.0 Å². The predicted octanol–water partition coefficient (Wildman–Crippen LogP) is 2.30. The van der Waals surface area contributed by atoms with Crippen LogP contribution < -0.4 is 5.32 Å². The number of hydrogen-bond acceptors (Lipinski definition) is 5. The molecule has 0 aliphatic carbocycles. The van der Waals surface area contributed by atoms with E-state index in [-0.39, 0.29) is 11.8 Å². The Morgan fingerprint density at radius 1 is 1.18 bits per heavy atom. The van der Waals surface area contributed by atoms with Crippen molar-refractivity contribution in [1.29, 1.82) is 0 Å². The summed E-state index contributed by atoms with van der Waals surface area (Å²) >= 11 is 1.31. The number of unbranched alkanes of at least 4 members (excludes halogenated alkanes) is 1. The Bertz CT molecular complexity index is 583. The van der Waals surface area contributed by atoms with E-state index in [1.807, 2.05) is 13.1 Å². The summed E-state index contributed by atoms with van der Waals surface area (Å²) in [6.07, 6.45) is 4.49. The molecule has 1 saturated heterocycles. The minimum absolute atomic E-state index is 0.159. The van der Waals surface area contributed by atoms with Gasteiger partial charge in [-0.1, -0.05) is 20.3 Å². The first kappa shape index (κ1) is 24.3. The topological polar surface area (TPSA) is 89.7 Å². The number of piperazine rings is 1. The highest BCUT2D eigenvalue weighted by Crippen LogP contribution is 2.06. The zero-order valence-electron chi connectivity index (χ0n) is 17.6. The van der Waals surface area contributed by atoms with Gasteiger partial charge >= 0.3 is 6.03 Å². The van der Waals surface area contributed by atoms with Crippen molar-refractivity contribution in [3.05, 3.63) is 0 Å². The lowest BCUT2D eigenvalue weighted by molar-refractivity contribution is -0.116. The van der Waals surface area contributed by atoms with Crippen LogP contribution in [0, 0.1) is 0 Å². The highest BCUT2D eigenvalue weighted by molar-refractivity contribution is 8.14. The summed E-state index contributed by atoms with van der Waals surface area (Å²) in [6, 6.07) is -0.349. The van der Waals surface area contributed by atoms with Gasteiger partial charge in [0.2, 0.25) is 5.96 Å². The molecule has 9 heteroatoms. The second-order valence-corrected chi connectivity index (χ2v) is 7.66. The number of urea groups is 1. The van der Waals surface area contributed by atoms with E-state index in [1.165, 1.54) is 11.8 Å².